The van der Waals surface area contributed by atoms with Crippen molar-refractivity contribution in [3.05, 3.63) is 11.8 Å². The summed E-state index contributed by atoms with van der Waals surface area (Å²) in [4.78, 5) is 0. The number of allylic oxidation sites excluding steroid dienone is 2. The predicted molar refractivity (Wildman–Crippen MR) is 86.4 cm³/mol. The molecule has 1 unspecified atom stereocenters. The van der Waals surface area contributed by atoms with Crippen molar-refractivity contribution in [3.63, 3.8) is 0 Å². The molecular formula is C18H36O. The van der Waals surface area contributed by atoms with Gasteiger partial charge in [-0.25, -0.2) is 0 Å². The molecule has 0 aliphatic heterocycles. The average molecular weight is 268 g/mol. The van der Waals surface area contributed by atoms with Gasteiger partial charge in [0.15, 0.2) is 0 Å². The van der Waals surface area contributed by atoms with Gasteiger partial charge in [-0.3, -0.25) is 0 Å². The van der Waals surface area contributed by atoms with Crippen molar-refractivity contribution in [2.45, 2.75) is 91.9 Å². The molecule has 0 amide bonds. The molecule has 0 radical (unpaired) electrons. The Labute approximate surface area is 121 Å². The standard InChI is InChI=1S/C18H36O/c1-5-9-11-12-13-15-18(19-8-4)16-17(7-3)14-10-6-2/h16-17H,5-15H2,1-4H3/b18-16+. The van der Waals surface area contributed by atoms with E-state index in [-0.39, 0.29) is 0 Å². The number of hydrogen-bond acceptors (Lipinski definition) is 1. The van der Waals surface area contributed by atoms with Gasteiger partial charge in [0.1, 0.15) is 0 Å². The Morgan fingerprint density at radius 1 is 0.895 bits per heavy atom. The van der Waals surface area contributed by atoms with Crippen LogP contribution in [-0.2, 0) is 4.74 Å². The van der Waals surface area contributed by atoms with Crippen molar-refractivity contribution in [1.82, 2.24) is 0 Å². The van der Waals surface area contributed by atoms with Crippen molar-refractivity contribution >= 4 is 0 Å². The highest BCUT2D eigenvalue weighted by Crippen LogP contribution is 2.20. The maximum atomic E-state index is 5.82. The van der Waals surface area contributed by atoms with Crippen LogP contribution < -0.4 is 0 Å². The van der Waals surface area contributed by atoms with Gasteiger partial charge >= 0.3 is 0 Å². The van der Waals surface area contributed by atoms with Crippen LogP contribution in [-0.4, -0.2) is 6.61 Å². The summed E-state index contributed by atoms with van der Waals surface area (Å²) in [5, 5.41) is 0. The number of rotatable bonds is 13. The van der Waals surface area contributed by atoms with E-state index in [2.05, 4.69) is 33.8 Å². The molecule has 0 fully saturated rings. The second kappa shape index (κ2) is 14.0. The van der Waals surface area contributed by atoms with Gasteiger partial charge < -0.3 is 4.74 Å². The zero-order valence-electron chi connectivity index (χ0n) is 13.8. The number of ether oxygens (including phenoxy) is 1. The average Bonchev–Trinajstić information content (AvgIpc) is 2.43. The van der Waals surface area contributed by atoms with Crippen molar-refractivity contribution in [1.29, 1.82) is 0 Å². The zero-order valence-corrected chi connectivity index (χ0v) is 13.8. The molecule has 0 spiro atoms. The molecule has 0 aromatic heterocycles. The van der Waals surface area contributed by atoms with E-state index in [1.54, 1.807) is 0 Å². The Morgan fingerprint density at radius 2 is 1.58 bits per heavy atom. The SMILES string of the molecule is CCCCCCC/C(=C\C(CC)CCCC)OCC. The van der Waals surface area contributed by atoms with Gasteiger partial charge in [0.05, 0.1) is 12.4 Å². The van der Waals surface area contributed by atoms with Crippen LogP contribution in [0.1, 0.15) is 91.9 Å². The van der Waals surface area contributed by atoms with Crippen LogP contribution in [0.15, 0.2) is 11.8 Å². The smallest absolute Gasteiger partial charge is 0.0922 e. The van der Waals surface area contributed by atoms with E-state index in [1.807, 2.05) is 0 Å². The van der Waals surface area contributed by atoms with E-state index in [9.17, 15) is 0 Å². The molecule has 0 heterocycles. The highest BCUT2D eigenvalue weighted by atomic mass is 16.5. The summed E-state index contributed by atoms with van der Waals surface area (Å²) < 4.78 is 5.82. The van der Waals surface area contributed by atoms with Crippen LogP contribution in [0.25, 0.3) is 0 Å². The van der Waals surface area contributed by atoms with Gasteiger partial charge in [-0.2, -0.15) is 0 Å². The molecular weight excluding hydrogens is 232 g/mol. The maximum Gasteiger partial charge on any atom is 0.0922 e. The minimum Gasteiger partial charge on any atom is -0.499 e. The summed E-state index contributed by atoms with van der Waals surface area (Å²) in [7, 11) is 0. The minimum absolute atomic E-state index is 0.720. The summed E-state index contributed by atoms with van der Waals surface area (Å²) in [6, 6.07) is 0. The first-order valence-electron chi connectivity index (χ1n) is 8.61. The number of hydrogen-bond donors (Lipinski definition) is 0. The Morgan fingerprint density at radius 3 is 2.16 bits per heavy atom. The van der Waals surface area contributed by atoms with Crippen molar-refractivity contribution in [2.75, 3.05) is 6.61 Å². The van der Waals surface area contributed by atoms with E-state index in [4.69, 9.17) is 4.74 Å². The van der Waals surface area contributed by atoms with Gasteiger partial charge in [0.25, 0.3) is 0 Å². The third-order valence-electron chi connectivity index (χ3n) is 3.73. The highest BCUT2D eigenvalue weighted by Gasteiger charge is 2.06. The third-order valence-corrected chi connectivity index (χ3v) is 3.73. The molecule has 0 bridgehead atoms. The second-order valence-electron chi connectivity index (χ2n) is 5.54. The lowest BCUT2D eigenvalue weighted by Gasteiger charge is -2.14. The molecule has 0 saturated carbocycles. The van der Waals surface area contributed by atoms with Crippen LogP contribution >= 0.6 is 0 Å². The summed E-state index contributed by atoms with van der Waals surface area (Å²) >= 11 is 0. The van der Waals surface area contributed by atoms with Gasteiger partial charge in [-0.1, -0.05) is 59.3 Å². The fraction of sp³-hybridized carbons (Fsp3) is 0.889. The van der Waals surface area contributed by atoms with Crippen molar-refractivity contribution < 1.29 is 4.74 Å². The molecule has 0 aliphatic rings. The predicted octanol–water partition coefficient (Wildman–Crippen LogP) is 6.48. The third kappa shape index (κ3) is 11.1. The molecule has 19 heavy (non-hydrogen) atoms. The lowest BCUT2D eigenvalue weighted by molar-refractivity contribution is 0.212. The first-order valence-corrected chi connectivity index (χ1v) is 8.61. The van der Waals surface area contributed by atoms with E-state index >= 15 is 0 Å². The molecule has 0 aliphatic carbocycles. The van der Waals surface area contributed by atoms with Gasteiger partial charge in [-0.05, 0) is 38.2 Å². The Hall–Kier alpha value is -0.460. The first kappa shape index (κ1) is 18.5. The van der Waals surface area contributed by atoms with E-state index in [1.165, 1.54) is 63.5 Å². The molecule has 1 heteroatoms. The normalized spacial score (nSPS) is 13.6. The number of unbranched alkanes of at least 4 members (excludes halogenated alkanes) is 5. The van der Waals surface area contributed by atoms with Gasteiger partial charge in [-0.15, -0.1) is 0 Å². The molecule has 0 aromatic carbocycles. The highest BCUT2D eigenvalue weighted by molar-refractivity contribution is 4.97. The largest absolute Gasteiger partial charge is 0.499 e. The Kier molecular flexibility index (Phi) is 13.6. The molecule has 0 N–H and O–H groups in total. The maximum absolute atomic E-state index is 5.82. The Balaban J connectivity index is 4.10. The first-order chi connectivity index (χ1) is 9.28. The van der Waals surface area contributed by atoms with Gasteiger partial charge in [0.2, 0.25) is 0 Å². The van der Waals surface area contributed by atoms with E-state index in [0.717, 1.165) is 18.9 Å². The van der Waals surface area contributed by atoms with Crippen LogP contribution in [0.3, 0.4) is 0 Å². The summed E-state index contributed by atoms with van der Waals surface area (Å²) in [6.45, 7) is 9.74. The molecule has 0 aromatic rings. The van der Waals surface area contributed by atoms with E-state index in [0.29, 0.717) is 0 Å². The molecule has 114 valence electrons. The van der Waals surface area contributed by atoms with Crippen molar-refractivity contribution in [3.8, 4) is 0 Å². The molecule has 0 saturated heterocycles. The quantitative estimate of drug-likeness (QED) is 0.274. The van der Waals surface area contributed by atoms with Crippen LogP contribution in [0.5, 0.6) is 0 Å². The monoisotopic (exact) mass is 268 g/mol. The minimum atomic E-state index is 0.720. The van der Waals surface area contributed by atoms with Crippen LogP contribution in [0, 0.1) is 5.92 Å². The lowest BCUT2D eigenvalue weighted by atomic mass is 9.97. The second-order valence-corrected chi connectivity index (χ2v) is 5.54. The summed E-state index contributed by atoms with van der Waals surface area (Å²) in [5.74, 6) is 1.97. The zero-order chi connectivity index (χ0) is 14.3. The molecule has 1 atom stereocenters. The fourth-order valence-corrected chi connectivity index (χ4v) is 2.43. The lowest BCUT2D eigenvalue weighted by Crippen LogP contribution is -2.00. The van der Waals surface area contributed by atoms with Crippen molar-refractivity contribution in [2.24, 2.45) is 5.92 Å². The summed E-state index contributed by atoms with van der Waals surface area (Å²) in [5.41, 5.74) is 0. The van der Waals surface area contributed by atoms with Gasteiger partial charge in [0, 0.05) is 6.42 Å². The summed E-state index contributed by atoms with van der Waals surface area (Å²) in [6.07, 6.45) is 15.5. The molecule has 0 rings (SSSR count). The van der Waals surface area contributed by atoms with Crippen LogP contribution in [0.2, 0.25) is 0 Å². The van der Waals surface area contributed by atoms with Crippen LogP contribution in [0.4, 0.5) is 0 Å². The topological polar surface area (TPSA) is 9.23 Å². The van der Waals surface area contributed by atoms with E-state index < -0.39 is 0 Å². The molecule has 1 nitrogen and oxygen atoms in total. The fourth-order valence-electron chi connectivity index (χ4n) is 2.43. The Bertz CT molecular complexity index is 208.